The van der Waals surface area contributed by atoms with Crippen LogP contribution in [0.4, 0.5) is 0 Å². The van der Waals surface area contributed by atoms with E-state index in [1.54, 1.807) is 0 Å². The number of unbranched alkanes of at least 4 members (excludes halogenated alkanes) is 4. The Morgan fingerprint density at radius 1 is 0.667 bits per heavy atom. The molecule has 142 valence electrons. The van der Waals surface area contributed by atoms with Crippen LogP contribution in [-0.2, 0) is 9.59 Å². The maximum absolute atomic E-state index is 9.51. The van der Waals surface area contributed by atoms with Gasteiger partial charge in [0.25, 0.3) is 0 Å². The fourth-order valence-electron chi connectivity index (χ4n) is 2.83. The largest absolute Gasteiger partial charge is 0.324 e. The molecule has 0 heterocycles. The van der Waals surface area contributed by atoms with E-state index >= 15 is 0 Å². The van der Waals surface area contributed by atoms with E-state index in [-0.39, 0.29) is 0 Å². The van der Waals surface area contributed by atoms with Gasteiger partial charge in [0.1, 0.15) is 12.6 Å². The van der Waals surface area contributed by atoms with Crippen molar-refractivity contribution in [1.82, 2.24) is 0 Å². The third-order valence-corrected chi connectivity index (χ3v) is 4.39. The summed E-state index contributed by atoms with van der Waals surface area (Å²) in [7, 11) is 0. The van der Waals surface area contributed by atoms with Gasteiger partial charge in [-0.05, 0) is 31.8 Å². The summed E-state index contributed by atoms with van der Waals surface area (Å²) in [6.45, 7) is 15.0. The van der Waals surface area contributed by atoms with Gasteiger partial charge in [-0.15, -0.1) is 0 Å². The van der Waals surface area contributed by atoms with Crippen LogP contribution in [-0.4, -0.2) is 43.2 Å². The molecule has 0 amide bonds. The molecule has 3 heteroatoms. The predicted molar refractivity (Wildman–Crippen MR) is 105 cm³/mol. The first-order valence-electron chi connectivity index (χ1n) is 10.0. The molecule has 0 aliphatic rings. The summed E-state index contributed by atoms with van der Waals surface area (Å²) in [5.41, 5.74) is 0. The van der Waals surface area contributed by atoms with Crippen LogP contribution in [0.5, 0.6) is 0 Å². The van der Waals surface area contributed by atoms with Gasteiger partial charge in [-0.2, -0.15) is 0 Å². The van der Waals surface area contributed by atoms with Crippen LogP contribution < -0.4 is 0 Å². The topological polar surface area (TPSA) is 34.1 Å². The zero-order valence-corrected chi connectivity index (χ0v) is 16.8. The van der Waals surface area contributed by atoms with E-state index in [4.69, 9.17) is 0 Å². The van der Waals surface area contributed by atoms with Crippen molar-refractivity contribution in [3.63, 3.8) is 0 Å². The van der Waals surface area contributed by atoms with Gasteiger partial charge in [0.15, 0.2) is 0 Å². The molecule has 0 aromatic carbocycles. The lowest BCUT2D eigenvalue weighted by Gasteiger charge is -2.39. The third kappa shape index (κ3) is 15.9. The molecular weight excluding hydrogens is 298 g/mol. The number of hydrogen-bond donors (Lipinski definition) is 0. The lowest BCUT2D eigenvalue weighted by atomic mass is 10.1. The summed E-state index contributed by atoms with van der Waals surface area (Å²) in [5.74, 6) is 0. The molecule has 0 bridgehead atoms. The minimum atomic E-state index is 0.332. The summed E-state index contributed by atoms with van der Waals surface area (Å²) in [6.07, 6.45) is 15.6. The van der Waals surface area contributed by atoms with E-state index in [0.717, 1.165) is 6.29 Å². The maximum Gasteiger partial charge on any atom is 0.142 e. The van der Waals surface area contributed by atoms with E-state index in [9.17, 15) is 9.59 Å². The van der Waals surface area contributed by atoms with Crippen LogP contribution >= 0.6 is 0 Å². The molecule has 0 saturated heterocycles. The van der Waals surface area contributed by atoms with Crippen LogP contribution in [0.2, 0.25) is 0 Å². The Balaban J connectivity index is 0. The van der Waals surface area contributed by atoms with Crippen molar-refractivity contribution in [2.45, 2.75) is 85.5 Å². The Morgan fingerprint density at radius 2 is 1.04 bits per heavy atom. The van der Waals surface area contributed by atoms with Gasteiger partial charge in [-0.1, -0.05) is 59.5 Å². The SMILES string of the molecule is CCCC[N+](CCCC)(CCCC)CCCC.O=CC=CCC=O. The highest BCUT2D eigenvalue weighted by Gasteiger charge is 2.24. The van der Waals surface area contributed by atoms with E-state index in [1.807, 2.05) is 0 Å². The van der Waals surface area contributed by atoms with Crippen LogP contribution in [0, 0.1) is 0 Å². The van der Waals surface area contributed by atoms with Crippen molar-refractivity contribution in [3.05, 3.63) is 12.2 Å². The number of carbonyl (C=O) groups excluding carboxylic acids is 2. The van der Waals surface area contributed by atoms with Crippen molar-refractivity contribution in [1.29, 1.82) is 0 Å². The molecule has 3 nitrogen and oxygen atoms in total. The van der Waals surface area contributed by atoms with Gasteiger partial charge in [0, 0.05) is 6.42 Å². The number of rotatable bonds is 15. The third-order valence-electron chi connectivity index (χ3n) is 4.39. The quantitative estimate of drug-likeness (QED) is 0.229. The van der Waals surface area contributed by atoms with Crippen LogP contribution in [0.15, 0.2) is 12.2 Å². The predicted octanol–water partition coefficient (Wildman–Crippen LogP) is 5.33. The Bertz CT molecular complexity index is 263. The standard InChI is InChI=1S/C16H36N.C5H6O2/c1-5-9-13-17(14-10-6-2,15-11-7-3)16-12-8-4;6-4-2-1-3-5-7/h5-16H2,1-4H3;1-2,4-5H,3H2/q+1;. The van der Waals surface area contributed by atoms with Crippen LogP contribution in [0.25, 0.3) is 0 Å². The van der Waals surface area contributed by atoms with Gasteiger partial charge >= 0.3 is 0 Å². The molecule has 0 aliphatic carbocycles. The monoisotopic (exact) mass is 340 g/mol. The summed E-state index contributed by atoms with van der Waals surface area (Å²) in [4.78, 5) is 19.0. The Hall–Kier alpha value is -0.960. The van der Waals surface area contributed by atoms with E-state index in [0.29, 0.717) is 12.7 Å². The second-order valence-corrected chi connectivity index (χ2v) is 6.62. The molecule has 0 aromatic heterocycles. The van der Waals surface area contributed by atoms with Crippen molar-refractivity contribution in [3.8, 4) is 0 Å². The van der Waals surface area contributed by atoms with Crippen LogP contribution in [0.1, 0.15) is 85.5 Å². The average Bonchev–Trinajstić information content (AvgIpc) is 2.61. The Labute approximate surface area is 151 Å². The summed E-state index contributed by atoms with van der Waals surface area (Å²) < 4.78 is 1.42. The first-order chi connectivity index (χ1) is 11.7. The molecule has 0 unspecified atom stereocenters. The molecule has 0 aliphatic heterocycles. The fourth-order valence-corrected chi connectivity index (χ4v) is 2.83. The van der Waals surface area contributed by atoms with Gasteiger partial charge in [0.2, 0.25) is 0 Å². The molecule has 0 fully saturated rings. The summed E-state index contributed by atoms with van der Waals surface area (Å²) in [6, 6.07) is 0. The zero-order valence-electron chi connectivity index (χ0n) is 16.8. The molecule has 0 atom stereocenters. The number of carbonyl (C=O) groups is 2. The smallest absolute Gasteiger partial charge is 0.142 e. The van der Waals surface area contributed by atoms with E-state index < -0.39 is 0 Å². The lowest BCUT2D eigenvalue weighted by Crippen LogP contribution is -2.50. The molecule has 0 aromatic rings. The summed E-state index contributed by atoms with van der Waals surface area (Å²) >= 11 is 0. The molecule has 24 heavy (non-hydrogen) atoms. The molecular formula is C21H42NO2+. The molecule has 0 radical (unpaired) electrons. The Morgan fingerprint density at radius 3 is 1.29 bits per heavy atom. The highest BCUT2D eigenvalue weighted by molar-refractivity contribution is 5.66. The van der Waals surface area contributed by atoms with Crippen molar-refractivity contribution >= 4 is 12.6 Å². The molecule has 0 saturated carbocycles. The highest BCUT2D eigenvalue weighted by atomic mass is 16.1. The number of aldehydes is 2. The van der Waals surface area contributed by atoms with Crippen molar-refractivity contribution in [2.24, 2.45) is 0 Å². The van der Waals surface area contributed by atoms with Crippen molar-refractivity contribution in [2.75, 3.05) is 26.2 Å². The molecule has 0 rings (SSSR count). The second-order valence-electron chi connectivity index (χ2n) is 6.62. The van der Waals surface area contributed by atoms with Gasteiger partial charge in [0.05, 0.1) is 26.2 Å². The molecule has 0 N–H and O–H groups in total. The van der Waals surface area contributed by atoms with Crippen molar-refractivity contribution < 1.29 is 14.1 Å². The average molecular weight is 341 g/mol. The van der Waals surface area contributed by atoms with Crippen LogP contribution in [0.3, 0.4) is 0 Å². The normalized spacial score (nSPS) is 11.2. The van der Waals surface area contributed by atoms with E-state index in [2.05, 4.69) is 27.7 Å². The minimum Gasteiger partial charge on any atom is -0.324 e. The number of hydrogen-bond acceptors (Lipinski definition) is 2. The number of quaternary nitrogens is 1. The minimum absolute atomic E-state index is 0.332. The maximum atomic E-state index is 9.51. The molecule has 0 spiro atoms. The lowest BCUT2D eigenvalue weighted by molar-refractivity contribution is -0.929. The van der Waals surface area contributed by atoms with Gasteiger partial charge < -0.3 is 9.28 Å². The number of allylic oxidation sites excluding steroid dienone is 2. The van der Waals surface area contributed by atoms with Gasteiger partial charge in [-0.3, -0.25) is 4.79 Å². The van der Waals surface area contributed by atoms with Gasteiger partial charge in [-0.25, -0.2) is 0 Å². The Kier molecular flexibility index (Phi) is 21.2. The fraction of sp³-hybridized carbons (Fsp3) is 0.810. The highest BCUT2D eigenvalue weighted by Crippen LogP contribution is 2.16. The van der Waals surface area contributed by atoms with E-state index in [1.165, 1.54) is 94.2 Å². The first kappa shape index (κ1) is 25.3. The first-order valence-corrected chi connectivity index (χ1v) is 10.0. The summed E-state index contributed by atoms with van der Waals surface area (Å²) in [5, 5.41) is 0. The second kappa shape index (κ2) is 20.1. The zero-order chi connectivity index (χ0) is 18.5. The number of nitrogens with zero attached hydrogens (tertiary/aromatic N) is 1.